The second kappa shape index (κ2) is 4.11. The molecule has 84 valence electrons. The van der Waals surface area contributed by atoms with Crippen molar-refractivity contribution in [2.75, 3.05) is 0 Å². The van der Waals surface area contributed by atoms with E-state index in [0.29, 0.717) is 17.1 Å². The second-order valence-electron chi connectivity index (χ2n) is 5.63. The highest BCUT2D eigenvalue weighted by atomic mass is 16.1. The van der Waals surface area contributed by atoms with Crippen LogP contribution in [-0.4, -0.2) is 5.78 Å². The Kier molecular flexibility index (Phi) is 2.99. The van der Waals surface area contributed by atoms with Gasteiger partial charge in [0.05, 0.1) is 0 Å². The molecule has 0 radical (unpaired) electrons. The van der Waals surface area contributed by atoms with Crippen LogP contribution in [0.5, 0.6) is 0 Å². The fourth-order valence-corrected chi connectivity index (χ4v) is 2.71. The quantitative estimate of drug-likeness (QED) is 0.640. The van der Waals surface area contributed by atoms with Crippen molar-refractivity contribution in [2.45, 2.75) is 52.4 Å². The lowest BCUT2D eigenvalue weighted by Gasteiger charge is -2.26. The summed E-state index contributed by atoms with van der Waals surface area (Å²) in [6.07, 6.45) is 11.9. The van der Waals surface area contributed by atoms with Crippen LogP contribution in [0.15, 0.2) is 12.2 Å². The molecule has 0 amide bonds. The van der Waals surface area contributed by atoms with E-state index in [9.17, 15) is 4.79 Å². The predicted molar refractivity (Wildman–Crippen MR) is 62.6 cm³/mol. The molecule has 1 unspecified atom stereocenters. The van der Waals surface area contributed by atoms with Gasteiger partial charge >= 0.3 is 0 Å². The van der Waals surface area contributed by atoms with Crippen LogP contribution in [0.4, 0.5) is 0 Å². The summed E-state index contributed by atoms with van der Waals surface area (Å²) >= 11 is 0. The van der Waals surface area contributed by atoms with E-state index in [1.165, 1.54) is 32.1 Å². The van der Waals surface area contributed by atoms with E-state index >= 15 is 0 Å². The van der Waals surface area contributed by atoms with Gasteiger partial charge in [-0.3, -0.25) is 4.79 Å². The fourth-order valence-electron chi connectivity index (χ4n) is 2.71. The summed E-state index contributed by atoms with van der Waals surface area (Å²) in [5.74, 6) is 1.38. The third kappa shape index (κ3) is 2.32. The van der Waals surface area contributed by atoms with Crippen LogP contribution in [0.2, 0.25) is 0 Å². The van der Waals surface area contributed by atoms with Gasteiger partial charge in [-0.2, -0.15) is 0 Å². The van der Waals surface area contributed by atoms with Crippen molar-refractivity contribution in [3.05, 3.63) is 12.2 Å². The number of Topliss-reactive ketones (excluding diaryl/α,β-unsaturated/α-hetero) is 1. The molecule has 2 aliphatic carbocycles. The predicted octanol–water partition coefficient (Wildman–Crippen LogP) is 3.74. The average molecular weight is 206 g/mol. The Morgan fingerprint density at radius 1 is 1.47 bits per heavy atom. The van der Waals surface area contributed by atoms with Gasteiger partial charge in [-0.05, 0) is 43.4 Å². The average Bonchev–Trinajstić information content (AvgIpc) is 3.00. The molecule has 0 bridgehead atoms. The van der Waals surface area contributed by atoms with Gasteiger partial charge < -0.3 is 0 Å². The number of rotatable bonds is 4. The van der Waals surface area contributed by atoms with Gasteiger partial charge in [0.1, 0.15) is 5.78 Å². The Bertz CT molecular complexity index is 271. The molecule has 0 aliphatic heterocycles. The number of allylic oxidation sites excluding steroid dienone is 2. The van der Waals surface area contributed by atoms with Crippen molar-refractivity contribution in [2.24, 2.45) is 17.3 Å². The van der Waals surface area contributed by atoms with Gasteiger partial charge in [0.2, 0.25) is 0 Å². The normalized spacial score (nSPS) is 28.1. The molecule has 1 nitrogen and oxygen atoms in total. The molecule has 0 spiro atoms. The van der Waals surface area contributed by atoms with Crippen molar-refractivity contribution in [1.29, 1.82) is 0 Å². The van der Waals surface area contributed by atoms with E-state index in [2.05, 4.69) is 12.2 Å². The highest BCUT2D eigenvalue weighted by Crippen LogP contribution is 2.57. The van der Waals surface area contributed by atoms with Gasteiger partial charge in [0.15, 0.2) is 0 Å². The van der Waals surface area contributed by atoms with E-state index in [1.54, 1.807) is 0 Å². The zero-order valence-electron chi connectivity index (χ0n) is 9.96. The summed E-state index contributed by atoms with van der Waals surface area (Å²) in [5.41, 5.74) is 0.387. The molecule has 2 rings (SSSR count). The van der Waals surface area contributed by atoms with Crippen molar-refractivity contribution in [3.63, 3.8) is 0 Å². The van der Waals surface area contributed by atoms with Gasteiger partial charge in [-0.1, -0.05) is 26.0 Å². The Hall–Kier alpha value is -0.590. The highest BCUT2D eigenvalue weighted by molar-refractivity contribution is 5.81. The Labute approximate surface area is 92.9 Å². The lowest BCUT2D eigenvalue weighted by Crippen LogP contribution is -2.22. The summed E-state index contributed by atoms with van der Waals surface area (Å²) in [6, 6.07) is 0. The fraction of sp³-hybridized carbons (Fsp3) is 0.786. The molecular weight excluding hydrogens is 184 g/mol. The van der Waals surface area contributed by atoms with E-state index in [0.717, 1.165) is 6.42 Å². The van der Waals surface area contributed by atoms with E-state index in [1.807, 2.05) is 13.8 Å². The maximum atomic E-state index is 11.8. The number of carbonyl (C=O) groups is 1. The van der Waals surface area contributed by atoms with Crippen molar-refractivity contribution in [1.82, 2.24) is 0 Å². The third-order valence-corrected chi connectivity index (χ3v) is 4.10. The number of hydrogen-bond acceptors (Lipinski definition) is 1. The molecule has 0 aromatic rings. The Balaban J connectivity index is 1.98. The van der Waals surface area contributed by atoms with Crippen LogP contribution in [0.3, 0.4) is 0 Å². The lowest BCUT2D eigenvalue weighted by atomic mass is 9.78. The van der Waals surface area contributed by atoms with Gasteiger partial charge in [-0.25, -0.2) is 0 Å². The SMILES string of the molecule is CC(C)C(=O)CC1(C2C=CCCC2)CC1. The second-order valence-corrected chi connectivity index (χ2v) is 5.63. The van der Waals surface area contributed by atoms with Crippen LogP contribution in [0.25, 0.3) is 0 Å². The molecule has 2 aliphatic rings. The van der Waals surface area contributed by atoms with Crippen molar-refractivity contribution in [3.8, 4) is 0 Å². The summed E-state index contributed by atoms with van der Waals surface area (Å²) < 4.78 is 0. The minimum Gasteiger partial charge on any atom is -0.299 e. The molecule has 0 aromatic carbocycles. The molecule has 1 atom stereocenters. The minimum atomic E-state index is 0.218. The number of hydrogen-bond donors (Lipinski definition) is 0. The topological polar surface area (TPSA) is 17.1 Å². The molecule has 0 heterocycles. The maximum absolute atomic E-state index is 11.8. The molecule has 15 heavy (non-hydrogen) atoms. The Morgan fingerprint density at radius 3 is 2.67 bits per heavy atom. The summed E-state index contributed by atoms with van der Waals surface area (Å²) in [7, 11) is 0. The van der Waals surface area contributed by atoms with Gasteiger partial charge in [0.25, 0.3) is 0 Å². The number of ketones is 1. The zero-order valence-corrected chi connectivity index (χ0v) is 9.96. The van der Waals surface area contributed by atoms with E-state index < -0.39 is 0 Å². The molecule has 1 heteroatoms. The first-order valence-electron chi connectivity index (χ1n) is 6.33. The van der Waals surface area contributed by atoms with Gasteiger partial charge in [-0.15, -0.1) is 0 Å². The third-order valence-electron chi connectivity index (χ3n) is 4.10. The number of carbonyl (C=O) groups excluding carboxylic acids is 1. The lowest BCUT2D eigenvalue weighted by molar-refractivity contribution is -0.123. The van der Waals surface area contributed by atoms with Crippen LogP contribution in [-0.2, 0) is 4.79 Å². The van der Waals surface area contributed by atoms with Crippen molar-refractivity contribution < 1.29 is 4.79 Å². The van der Waals surface area contributed by atoms with Crippen molar-refractivity contribution >= 4 is 5.78 Å². The van der Waals surface area contributed by atoms with Crippen LogP contribution in [0.1, 0.15) is 52.4 Å². The van der Waals surface area contributed by atoms with E-state index in [4.69, 9.17) is 0 Å². The Morgan fingerprint density at radius 2 is 2.20 bits per heavy atom. The molecule has 0 aromatic heterocycles. The van der Waals surface area contributed by atoms with Gasteiger partial charge in [0, 0.05) is 12.3 Å². The summed E-state index contributed by atoms with van der Waals surface area (Å²) in [5, 5.41) is 0. The first kappa shape index (κ1) is 10.9. The van der Waals surface area contributed by atoms with Crippen LogP contribution in [0, 0.1) is 17.3 Å². The molecular formula is C14H22O. The smallest absolute Gasteiger partial charge is 0.135 e. The summed E-state index contributed by atoms with van der Waals surface area (Å²) in [6.45, 7) is 4.05. The van der Waals surface area contributed by atoms with Crippen LogP contribution >= 0.6 is 0 Å². The minimum absolute atomic E-state index is 0.218. The first-order chi connectivity index (χ1) is 7.14. The zero-order chi connectivity index (χ0) is 10.9. The maximum Gasteiger partial charge on any atom is 0.135 e. The molecule has 0 N–H and O–H groups in total. The summed E-state index contributed by atoms with van der Waals surface area (Å²) in [4.78, 5) is 11.8. The monoisotopic (exact) mass is 206 g/mol. The first-order valence-corrected chi connectivity index (χ1v) is 6.33. The molecule has 0 saturated heterocycles. The standard InChI is InChI=1S/C14H22O/c1-11(2)13(15)10-14(8-9-14)12-6-4-3-5-7-12/h4,6,11-12H,3,5,7-10H2,1-2H3. The van der Waals surface area contributed by atoms with E-state index in [-0.39, 0.29) is 5.92 Å². The molecule has 1 saturated carbocycles. The highest BCUT2D eigenvalue weighted by Gasteiger charge is 2.49. The molecule has 1 fully saturated rings. The van der Waals surface area contributed by atoms with Crippen LogP contribution < -0.4 is 0 Å². The largest absolute Gasteiger partial charge is 0.299 e.